The van der Waals surface area contributed by atoms with Crippen LogP contribution < -0.4 is 4.90 Å². The molecule has 2 fully saturated rings. The highest BCUT2D eigenvalue weighted by Gasteiger charge is 2.50. The first kappa shape index (κ1) is 22.9. The van der Waals surface area contributed by atoms with Crippen molar-refractivity contribution in [3.63, 3.8) is 0 Å². The predicted molar refractivity (Wildman–Crippen MR) is 123 cm³/mol. The molecule has 2 aromatic rings. The Morgan fingerprint density at radius 2 is 1.41 bits per heavy atom. The van der Waals surface area contributed by atoms with Gasteiger partial charge in [0.15, 0.2) is 9.84 Å². The van der Waals surface area contributed by atoms with Gasteiger partial charge in [-0.1, -0.05) is 31.2 Å². The van der Waals surface area contributed by atoms with Gasteiger partial charge in [0.2, 0.25) is 15.9 Å². The van der Waals surface area contributed by atoms with Crippen molar-refractivity contribution in [1.82, 2.24) is 4.31 Å². The fraction of sp³-hybridized carbons (Fsp3) is 0.435. The minimum absolute atomic E-state index is 0.0512. The Bertz CT molecular complexity index is 1230. The number of sulfonamides is 1. The Morgan fingerprint density at radius 1 is 0.844 bits per heavy atom. The number of hydrogen-bond acceptors (Lipinski definition) is 5. The third-order valence-corrected chi connectivity index (χ3v) is 9.96. The van der Waals surface area contributed by atoms with Crippen LogP contribution in [-0.4, -0.2) is 52.9 Å². The maximum atomic E-state index is 13.3. The van der Waals surface area contributed by atoms with E-state index in [9.17, 15) is 21.6 Å². The van der Waals surface area contributed by atoms with E-state index in [0.29, 0.717) is 25.8 Å². The van der Waals surface area contributed by atoms with Crippen LogP contribution in [0.15, 0.2) is 58.3 Å². The monoisotopic (exact) mass is 476 g/mol. The lowest BCUT2D eigenvalue weighted by Gasteiger charge is -2.37. The first-order chi connectivity index (χ1) is 15.1. The number of rotatable bonds is 5. The molecule has 0 radical (unpaired) electrons. The normalized spacial score (nSPS) is 19.6. The van der Waals surface area contributed by atoms with E-state index in [1.54, 1.807) is 0 Å². The smallest absolute Gasteiger partial charge is 0.244 e. The second kappa shape index (κ2) is 8.28. The molecule has 0 atom stereocenters. The summed E-state index contributed by atoms with van der Waals surface area (Å²) in [7, 11) is -7.68. The molecule has 2 aliphatic rings. The molecule has 7 nitrogen and oxygen atoms in total. The zero-order chi connectivity index (χ0) is 23.1. The van der Waals surface area contributed by atoms with Crippen molar-refractivity contribution in [2.45, 2.75) is 42.4 Å². The summed E-state index contributed by atoms with van der Waals surface area (Å²) >= 11 is 0. The van der Waals surface area contributed by atoms with Crippen molar-refractivity contribution < 1.29 is 21.6 Å². The lowest BCUT2D eigenvalue weighted by Crippen LogP contribution is -2.46. The van der Waals surface area contributed by atoms with Crippen molar-refractivity contribution in [1.29, 1.82) is 0 Å². The number of aryl methyl sites for hydroxylation is 1. The lowest BCUT2D eigenvalue weighted by atomic mass is 9.77. The molecule has 2 aliphatic heterocycles. The van der Waals surface area contributed by atoms with Crippen molar-refractivity contribution in [3.8, 4) is 0 Å². The maximum Gasteiger partial charge on any atom is 0.244 e. The van der Waals surface area contributed by atoms with Crippen LogP contribution in [0.5, 0.6) is 0 Å². The molecule has 1 amide bonds. The Balaban J connectivity index is 1.52. The molecule has 2 saturated heterocycles. The SMILES string of the molecule is CCc1ccc(N2CCC3(CCN(S(=O)(=O)c4ccccc4S(C)(=O)=O)CC3)C2=O)cc1. The molecule has 0 bridgehead atoms. The summed E-state index contributed by atoms with van der Waals surface area (Å²) in [5.41, 5.74) is 1.52. The molecule has 0 N–H and O–H groups in total. The van der Waals surface area contributed by atoms with Gasteiger partial charge in [-0.05, 0) is 55.5 Å². The van der Waals surface area contributed by atoms with Crippen LogP contribution in [0, 0.1) is 5.41 Å². The van der Waals surface area contributed by atoms with Crippen LogP contribution in [0.2, 0.25) is 0 Å². The largest absolute Gasteiger partial charge is 0.312 e. The van der Waals surface area contributed by atoms with Gasteiger partial charge in [-0.15, -0.1) is 0 Å². The van der Waals surface area contributed by atoms with E-state index in [4.69, 9.17) is 0 Å². The van der Waals surface area contributed by atoms with E-state index >= 15 is 0 Å². The summed E-state index contributed by atoms with van der Waals surface area (Å²) in [5, 5.41) is 0. The predicted octanol–water partition coefficient (Wildman–Crippen LogP) is 2.86. The third kappa shape index (κ3) is 3.97. The van der Waals surface area contributed by atoms with Gasteiger partial charge < -0.3 is 4.90 Å². The van der Waals surface area contributed by atoms with Gasteiger partial charge >= 0.3 is 0 Å². The van der Waals surface area contributed by atoms with Gasteiger partial charge in [0.25, 0.3) is 0 Å². The average molecular weight is 477 g/mol. The van der Waals surface area contributed by atoms with Gasteiger partial charge in [0.1, 0.15) is 4.90 Å². The molecule has 1 spiro atoms. The number of piperidine rings is 1. The van der Waals surface area contributed by atoms with Crippen LogP contribution in [-0.2, 0) is 31.1 Å². The van der Waals surface area contributed by atoms with E-state index in [1.807, 2.05) is 29.2 Å². The summed E-state index contributed by atoms with van der Waals surface area (Å²) in [6.07, 6.45) is 3.48. The van der Waals surface area contributed by atoms with Crippen molar-refractivity contribution in [2.75, 3.05) is 30.8 Å². The number of sulfone groups is 1. The highest BCUT2D eigenvalue weighted by atomic mass is 32.2. The van der Waals surface area contributed by atoms with E-state index in [0.717, 1.165) is 18.4 Å². The Labute approximate surface area is 190 Å². The second-order valence-corrected chi connectivity index (χ2v) is 12.5. The first-order valence-corrected chi connectivity index (χ1v) is 14.1. The molecular formula is C23H28N2O5S2. The quantitative estimate of drug-likeness (QED) is 0.662. The van der Waals surface area contributed by atoms with Crippen LogP contribution in [0.3, 0.4) is 0 Å². The molecule has 0 aliphatic carbocycles. The zero-order valence-corrected chi connectivity index (χ0v) is 20.0. The summed E-state index contributed by atoms with van der Waals surface area (Å²) in [6.45, 7) is 3.08. The molecule has 0 unspecified atom stereocenters. The lowest BCUT2D eigenvalue weighted by molar-refractivity contribution is -0.127. The van der Waals surface area contributed by atoms with Gasteiger partial charge in [-0.3, -0.25) is 4.79 Å². The fourth-order valence-electron chi connectivity index (χ4n) is 4.71. The molecule has 172 valence electrons. The van der Waals surface area contributed by atoms with E-state index in [-0.39, 0.29) is 28.8 Å². The number of amides is 1. The van der Waals surface area contributed by atoms with Crippen LogP contribution >= 0.6 is 0 Å². The minimum Gasteiger partial charge on any atom is -0.312 e. The second-order valence-electron chi connectivity index (χ2n) is 8.63. The van der Waals surface area contributed by atoms with Crippen LogP contribution in [0.4, 0.5) is 5.69 Å². The number of nitrogens with zero attached hydrogens (tertiary/aromatic N) is 2. The van der Waals surface area contributed by atoms with E-state index in [2.05, 4.69) is 6.92 Å². The van der Waals surface area contributed by atoms with Gasteiger partial charge in [0.05, 0.1) is 10.3 Å². The molecule has 2 heterocycles. The third-order valence-electron chi connectivity index (χ3n) is 6.72. The number of hydrogen-bond donors (Lipinski definition) is 0. The number of anilines is 1. The summed E-state index contributed by atoms with van der Waals surface area (Å²) < 4.78 is 52.0. The Kier molecular flexibility index (Phi) is 5.94. The molecular weight excluding hydrogens is 448 g/mol. The Hall–Kier alpha value is -2.23. The highest BCUT2D eigenvalue weighted by molar-refractivity contribution is 7.93. The van der Waals surface area contributed by atoms with E-state index < -0.39 is 25.3 Å². The van der Waals surface area contributed by atoms with Crippen LogP contribution in [0.1, 0.15) is 31.7 Å². The molecule has 4 rings (SSSR count). The summed E-state index contributed by atoms with van der Waals surface area (Å²) in [4.78, 5) is 14.7. The molecule has 0 saturated carbocycles. The van der Waals surface area contributed by atoms with E-state index in [1.165, 1.54) is 34.1 Å². The molecule has 32 heavy (non-hydrogen) atoms. The molecule has 0 aromatic heterocycles. The van der Waals surface area contributed by atoms with Gasteiger partial charge in [-0.2, -0.15) is 4.31 Å². The number of carbonyl (C=O) groups is 1. The zero-order valence-electron chi connectivity index (χ0n) is 18.3. The van der Waals surface area contributed by atoms with Crippen molar-refractivity contribution in [2.24, 2.45) is 5.41 Å². The Morgan fingerprint density at radius 3 is 1.97 bits per heavy atom. The van der Waals surface area contributed by atoms with Crippen molar-refractivity contribution in [3.05, 3.63) is 54.1 Å². The first-order valence-electron chi connectivity index (χ1n) is 10.8. The van der Waals surface area contributed by atoms with Gasteiger partial charge in [-0.25, -0.2) is 16.8 Å². The number of benzene rings is 2. The highest BCUT2D eigenvalue weighted by Crippen LogP contribution is 2.44. The van der Waals surface area contributed by atoms with Crippen LogP contribution in [0.25, 0.3) is 0 Å². The summed E-state index contributed by atoms with van der Waals surface area (Å²) in [5.74, 6) is 0.0512. The minimum atomic E-state index is -3.98. The molecule has 2 aromatic carbocycles. The fourth-order valence-corrected chi connectivity index (χ4v) is 7.75. The maximum absolute atomic E-state index is 13.3. The summed E-state index contributed by atoms with van der Waals surface area (Å²) in [6, 6.07) is 13.7. The van der Waals surface area contributed by atoms with Gasteiger partial charge in [0, 0.05) is 31.6 Å². The number of carbonyl (C=O) groups excluding carboxylic acids is 1. The van der Waals surface area contributed by atoms with Crippen molar-refractivity contribution >= 4 is 31.5 Å². The standard InChI is InChI=1S/C23H28N2O5S2/c1-3-18-8-10-19(11-9-18)25-17-14-23(22(25)26)12-15-24(16-13-23)32(29,30)21-7-5-4-6-20(21)31(2,27)28/h4-11H,3,12-17H2,1-2H3. The topological polar surface area (TPSA) is 91.8 Å². The molecule has 9 heteroatoms. The average Bonchev–Trinajstić information content (AvgIpc) is 3.09.